The number of nitrogens with zero attached hydrogens (tertiary/aromatic N) is 1. The topological polar surface area (TPSA) is 59.9 Å². The van der Waals surface area contributed by atoms with Gasteiger partial charge in [0, 0.05) is 5.92 Å². The number of carbonyl (C=O) groups is 1. The normalized spacial score (nSPS) is 17.3. The molecule has 0 saturated heterocycles. The summed E-state index contributed by atoms with van der Waals surface area (Å²) in [6, 6.07) is 24.3. The number of hydrazone groups is 1. The van der Waals surface area contributed by atoms with Gasteiger partial charge in [-0.05, 0) is 65.1 Å². The molecule has 0 aliphatic heterocycles. The van der Waals surface area contributed by atoms with Gasteiger partial charge in [0.05, 0.1) is 12.8 Å². The lowest BCUT2D eigenvalue weighted by atomic mass is 9.86. The Hall–Kier alpha value is -3.60. The van der Waals surface area contributed by atoms with Gasteiger partial charge >= 0.3 is 0 Å². The summed E-state index contributed by atoms with van der Waals surface area (Å²) < 4.78 is 11.7. The molecular formula is C30H34N2O3. The summed E-state index contributed by atoms with van der Waals surface area (Å²) in [6.45, 7) is 9.54. The van der Waals surface area contributed by atoms with Crippen molar-refractivity contribution in [2.75, 3.05) is 6.61 Å². The van der Waals surface area contributed by atoms with Crippen molar-refractivity contribution in [3.8, 4) is 11.5 Å². The second kappa shape index (κ2) is 10.8. The third kappa shape index (κ3) is 6.50. The van der Waals surface area contributed by atoms with Gasteiger partial charge < -0.3 is 9.47 Å². The lowest BCUT2D eigenvalue weighted by Gasteiger charge is -2.19. The molecule has 2 atom stereocenters. The Labute approximate surface area is 208 Å². The number of amides is 1. The predicted octanol–water partition coefficient (Wildman–Crippen LogP) is 6.22. The Balaban J connectivity index is 1.32. The van der Waals surface area contributed by atoms with Crippen LogP contribution in [0.1, 0.15) is 62.3 Å². The number of carbonyl (C=O) groups excluding carboxylic acids is 1. The van der Waals surface area contributed by atoms with Crippen molar-refractivity contribution in [3.63, 3.8) is 0 Å². The summed E-state index contributed by atoms with van der Waals surface area (Å²) in [5, 5.41) is 4.18. The highest BCUT2D eigenvalue weighted by molar-refractivity contribution is 5.86. The van der Waals surface area contributed by atoms with Crippen molar-refractivity contribution >= 4 is 12.1 Å². The van der Waals surface area contributed by atoms with Gasteiger partial charge in [-0.2, -0.15) is 5.10 Å². The fourth-order valence-corrected chi connectivity index (χ4v) is 4.06. The van der Waals surface area contributed by atoms with Gasteiger partial charge in [-0.1, -0.05) is 75.4 Å². The Bertz CT molecular complexity index is 1160. The van der Waals surface area contributed by atoms with Gasteiger partial charge in [-0.25, -0.2) is 5.43 Å². The van der Waals surface area contributed by atoms with Crippen molar-refractivity contribution in [2.45, 2.75) is 52.1 Å². The summed E-state index contributed by atoms with van der Waals surface area (Å²) in [7, 11) is 0. The van der Waals surface area contributed by atoms with E-state index in [0.717, 1.165) is 17.5 Å². The van der Waals surface area contributed by atoms with Crippen LogP contribution in [0.4, 0.5) is 0 Å². The minimum Gasteiger partial charge on any atom is -0.490 e. The zero-order valence-electron chi connectivity index (χ0n) is 21.0. The Kier molecular flexibility index (Phi) is 7.54. The van der Waals surface area contributed by atoms with Crippen LogP contribution in [-0.2, 0) is 16.8 Å². The highest BCUT2D eigenvalue weighted by atomic mass is 16.5. The molecule has 1 N–H and O–H groups in total. The molecule has 3 aromatic carbocycles. The van der Waals surface area contributed by atoms with E-state index in [-0.39, 0.29) is 23.2 Å². The molecule has 0 unspecified atom stereocenters. The highest BCUT2D eigenvalue weighted by Gasteiger charge is 2.44. The maximum atomic E-state index is 12.6. The second-order valence-electron chi connectivity index (χ2n) is 9.97. The van der Waals surface area contributed by atoms with Crippen LogP contribution in [-0.4, -0.2) is 18.7 Å². The Morgan fingerprint density at radius 2 is 1.74 bits per heavy atom. The van der Waals surface area contributed by atoms with Crippen LogP contribution < -0.4 is 14.9 Å². The molecule has 5 heteroatoms. The first-order valence-electron chi connectivity index (χ1n) is 12.2. The molecule has 5 nitrogen and oxygen atoms in total. The van der Waals surface area contributed by atoms with Gasteiger partial charge in [0.15, 0.2) is 11.5 Å². The van der Waals surface area contributed by atoms with E-state index >= 15 is 0 Å². The molecule has 1 amide bonds. The van der Waals surface area contributed by atoms with Gasteiger partial charge in [-0.15, -0.1) is 0 Å². The lowest BCUT2D eigenvalue weighted by Crippen LogP contribution is -2.20. The minimum atomic E-state index is -0.0426. The first kappa shape index (κ1) is 24.5. The molecule has 4 rings (SSSR count). The Morgan fingerprint density at radius 1 is 1.00 bits per heavy atom. The van der Waals surface area contributed by atoms with Crippen LogP contribution in [0, 0.1) is 5.92 Å². The van der Waals surface area contributed by atoms with Gasteiger partial charge in [0.2, 0.25) is 5.91 Å². The Morgan fingerprint density at radius 3 is 2.43 bits per heavy atom. The van der Waals surface area contributed by atoms with Crippen LogP contribution in [0.25, 0.3) is 0 Å². The standard InChI is InChI=1S/C30H34N2O3/c1-5-34-28-17-22(11-16-27(28)35-20-21-9-7-6-8-10-21)19-31-32-29(33)26-18-25(26)23-12-14-24(15-13-23)30(2,3)4/h6-17,19,25-26H,5,18,20H2,1-4H3,(H,32,33)/b31-19+/t25-,26-/m0/s1. The molecule has 182 valence electrons. The van der Waals surface area contributed by atoms with Crippen LogP contribution in [0.15, 0.2) is 77.9 Å². The molecule has 0 bridgehead atoms. The third-order valence-electron chi connectivity index (χ3n) is 6.23. The molecule has 1 fully saturated rings. The largest absolute Gasteiger partial charge is 0.490 e. The summed E-state index contributed by atoms with van der Waals surface area (Å²) in [4.78, 5) is 12.6. The van der Waals surface area contributed by atoms with Gasteiger partial charge in [-0.3, -0.25) is 4.79 Å². The lowest BCUT2D eigenvalue weighted by molar-refractivity contribution is -0.122. The van der Waals surface area contributed by atoms with Crippen molar-refractivity contribution in [1.29, 1.82) is 0 Å². The maximum absolute atomic E-state index is 12.6. The molecule has 0 spiro atoms. The number of nitrogens with one attached hydrogen (secondary N) is 1. The second-order valence-corrected chi connectivity index (χ2v) is 9.97. The zero-order chi connectivity index (χ0) is 24.8. The van der Waals surface area contributed by atoms with Gasteiger partial charge in [0.1, 0.15) is 6.61 Å². The minimum absolute atomic E-state index is 0.0274. The number of benzene rings is 3. The van der Waals surface area contributed by atoms with Crippen molar-refractivity contribution in [2.24, 2.45) is 11.0 Å². The molecule has 0 aromatic heterocycles. The van der Waals surface area contributed by atoms with Crippen LogP contribution in [0.2, 0.25) is 0 Å². The van der Waals surface area contributed by atoms with Crippen molar-refractivity contribution in [3.05, 3.63) is 95.1 Å². The smallest absolute Gasteiger partial charge is 0.243 e. The predicted molar refractivity (Wildman–Crippen MR) is 140 cm³/mol. The quantitative estimate of drug-likeness (QED) is 0.298. The zero-order valence-corrected chi connectivity index (χ0v) is 21.0. The SMILES string of the molecule is CCOc1cc(/C=N/NC(=O)[C@H]2C[C@H]2c2ccc(C(C)(C)C)cc2)ccc1OCc1ccccc1. The molecular weight excluding hydrogens is 436 g/mol. The fourth-order valence-electron chi connectivity index (χ4n) is 4.06. The van der Waals surface area contributed by atoms with Gasteiger partial charge in [0.25, 0.3) is 0 Å². The van der Waals surface area contributed by atoms with Crippen LogP contribution in [0.5, 0.6) is 11.5 Å². The molecule has 1 aliphatic carbocycles. The summed E-state index contributed by atoms with van der Waals surface area (Å²) >= 11 is 0. The third-order valence-corrected chi connectivity index (χ3v) is 6.23. The first-order valence-corrected chi connectivity index (χ1v) is 12.2. The van der Waals surface area contributed by atoms with Crippen LogP contribution >= 0.6 is 0 Å². The molecule has 0 radical (unpaired) electrons. The molecule has 3 aromatic rings. The maximum Gasteiger partial charge on any atom is 0.243 e. The van der Waals surface area contributed by atoms with Crippen molar-refractivity contribution < 1.29 is 14.3 Å². The number of rotatable bonds is 9. The first-order chi connectivity index (χ1) is 16.8. The molecule has 35 heavy (non-hydrogen) atoms. The number of ether oxygens (including phenoxy) is 2. The molecule has 0 heterocycles. The van der Waals surface area contributed by atoms with E-state index in [2.05, 4.69) is 55.6 Å². The summed E-state index contributed by atoms with van der Waals surface area (Å²) in [5.41, 5.74) is 7.26. The monoisotopic (exact) mass is 470 g/mol. The summed E-state index contributed by atoms with van der Waals surface area (Å²) in [5.74, 6) is 1.53. The van der Waals surface area contributed by atoms with Crippen LogP contribution in [0.3, 0.4) is 0 Å². The van der Waals surface area contributed by atoms with Crippen molar-refractivity contribution in [1.82, 2.24) is 5.43 Å². The average molecular weight is 471 g/mol. The molecule has 1 aliphatic rings. The van der Waals surface area contributed by atoms with E-state index in [1.807, 2.05) is 55.5 Å². The van der Waals surface area contributed by atoms with E-state index in [0.29, 0.717) is 24.7 Å². The average Bonchev–Trinajstić information content (AvgIpc) is 3.65. The van der Waals surface area contributed by atoms with E-state index in [1.165, 1.54) is 11.1 Å². The van der Waals surface area contributed by atoms with E-state index in [1.54, 1.807) is 6.21 Å². The van der Waals surface area contributed by atoms with E-state index in [4.69, 9.17) is 9.47 Å². The molecule has 1 saturated carbocycles. The summed E-state index contributed by atoms with van der Waals surface area (Å²) in [6.07, 6.45) is 2.50. The number of hydrogen-bond acceptors (Lipinski definition) is 4. The fraction of sp³-hybridized carbons (Fsp3) is 0.333. The number of hydrogen-bond donors (Lipinski definition) is 1. The van der Waals surface area contributed by atoms with E-state index in [9.17, 15) is 4.79 Å². The highest BCUT2D eigenvalue weighted by Crippen LogP contribution is 2.47. The van der Waals surface area contributed by atoms with E-state index < -0.39 is 0 Å².